The standard InChI is InChI=1S/C20H31N3O3/c1-14(2)12-18(23-19(25)15(3)21)20(26)22-17(13-24)11-7-10-16-8-5-4-6-9-16/h4-6,8-9,13-15,17-18H,7,10-12,21H2,1-3H3,(H,22,26)(H,23,25)/t15?,17-,18+/m1/s1. The Bertz CT molecular complexity index is 573. The van der Waals surface area contributed by atoms with E-state index in [-0.39, 0.29) is 17.7 Å². The highest BCUT2D eigenvalue weighted by molar-refractivity contribution is 5.90. The zero-order chi connectivity index (χ0) is 19.5. The Hall–Kier alpha value is -2.21. The van der Waals surface area contributed by atoms with E-state index in [0.29, 0.717) is 12.8 Å². The lowest BCUT2D eigenvalue weighted by Crippen LogP contribution is -2.53. The van der Waals surface area contributed by atoms with Gasteiger partial charge in [0.15, 0.2) is 0 Å². The van der Waals surface area contributed by atoms with Gasteiger partial charge < -0.3 is 21.2 Å². The molecule has 0 aliphatic rings. The molecule has 3 atom stereocenters. The number of aldehydes is 1. The molecule has 0 spiro atoms. The van der Waals surface area contributed by atoms with Crippen molar-refractivity contribution >= 4 is 18.1 Å². The third-order valence-corrected chi connectivity index (χ3v) is 4.07. The molecule has 1 rings (SSSR count). The number of benzene rings is 1. The molecule has 0 aliphatic carbocycles. The Kier molecular flexibility index (Phi) is 9.58. The van der Waals surface area contributed by atoms with Gasteiger partial charge in [0, 0.05) is 0 Å². The molecular weight excluding hydrogens is 330 g/mol. The summed E-state index contributed by atoms with van der Waals surface area (Å²) in [6, 6.07) is 8.05. The van der Waals surface area contributed by atoms with Crippen molar-refractivity contribution in [2.45, 2.75) is 64.6 Å². The van der Waals surface area contributed by atoms with Crippen molar-refractivity contribution in [1.82, 2.24) is 10.6 Å². The van der Waals surface area contributed by atoms with Crippen LogP contribution >= 0.6 is 0 Å². The first-order chi connectivity index (χ1) is 12.3. The molecule has 6 nitrogen and oxygen atoms in total. The number of hydrogen-bond acceptors (Lipinski definition) is 4. The highest BCUT2D eigenvalue weighted by atomic mass is 16.2. The predicted molar refractivity (Wildman–Crippen MR) is 102 cm³/mol. The van der Waals surface area contributed by atoms with Gasteiger partial charge in [-0.1, -0.05) is 44.2 Å². The van der Waals surface area contributed by atoms with E-state index in [4.69, 9.17) is 5.73 Å². The van der Waals surface area contributed by atoms with Gasteiger partial charge in [0.1, 0.15) is 12.3 Å². The van der Waals surface area contributed by atoms with E-state index in [0.717, 1.165) is 19.1 Å². The third kappa shape index (κ3) is 8.25. The summed E-state index contributed by atoms with van der Waals surface area (Å²) in [5.74, 6) is -0.506. The highest BCUT2D eigenvalue weighted by Gasteiger charge is 2.25. The molecule has 1 aromatic carbocycles. The summed E-state index contributed by atoms with van der Waals surface area (Å²) >= 11 is 0. The number of aryl methyl sites for hydroxylation is 1. The smallest absolute Gasteiger partial charge is 0.243 e. The summed E-state index contributed by atoms with van der Waals surface area (Å²) in [6.45, 7) is 5.50. The Morgan fingerprint density at radius 3 is 2.27 bits per heavy atom. The third-order valence-electron chi connectivity index (χ3n) is 4.07. The second-order valence-corrected chi connectivity index (χ2v) is 7.11. The lowest BCUT2D eigenvalue weighted by atomic mass is 10.0. The molecular formula is C20H31N3O3. The summed E-state index contributed by atoms with van der Waals surface area (Å²) in [7, 11) is 0. The van der Waals surface area contributed by atoms with Gasteiger partial charge in [0.2, 0.25) is 11.8 Å². The number of carbonyl (C=O) groups excluding carboxylic acids is 3. The molecule has 0 saturated heterocycles. The van der Waals surface area contributed by atoms with Gasteiger partial charge >= 0.3 is 0 Å². The minimum Gasteiger partial charge on any atom is -0.345 e. The largest absolute Gasteiger partial charge is 0.345 e. The number of amides is 2. The van der Waals surface area contributed by atoms with Crippen LogP contribution in [0, 0.1) is 5.92 Å². The molecule has 0 radical (unpaired) electrons. The van der Waals surface area contributed by atoms with Crippen molar-refractivity contribution in [3.8, 4) is 0 Å². The average molecular weight is 361 g/mol. The number of hydrogen-bond donors (Lipinski definition) is 3. The molecule has 0 aliphatic heterocycles. The van der Waals surface area contributed by atoms with E-state index in [1.54, 1.807) is 6.92 Å². The van der Waals surface area contributed by atoms with Gasteiger partial charge in [-0.3, -0.25) is 9.59 Å². The fourth-order valence-corrected chi connectivity index (χ4v) is 2.63. The molecule has 0 heterocycles. The van der Waals surface area contributed by atoms with Crippen molar-refractivity contribution in [3.05, 3.63) is 35.9 Å². The fourth-order valence-electron chi connectivity index (χ4n) is 2.63. The van der Waals surface area contributed by atoms with E-state index in [1.165, 1.54) is 5.56 Å². The molecule has 144 valence electrons. The van der Waals surface area contributed by atoms with Crippen molar-refractivity contribution in [3.63, 3.8) is 0 Å². The molecule has 0 bridgehead atoms. The predicted octanol–water partition coefficient (Wildman–Crippen LogP) is 1.57. The summed E-state index contributed by atoms with van der Waals surface area (Å²) in [5.41, 5.74) is 6.76. The van der Waals surface area contributed by atoms with Crippen molar-refractivity contribution in [2.24, 2.45) is 11.7 Å². The fraction of sp³-hybridized carbons (Fsp3) is 0.550. The van der Waals surface area contributed by atoms with Crippen LogP contribution in [-0.2, 0) is 20.8 Å². The molecule has 0 saturated carbocycles. The highest BCUT2D eigenvalue weighted by Crippen LogP contribution is 2.08. The molecule has 6 heteroatoms. The van der Waals surface area contributed by atoms with E-state index >= 15 is 0 Å². The summed E-state index contributed by atoms with van der Waals surface area (Å²) in [4.78, 5) is 35.7. The average Bonchev–Trinajstić information content (AvgIpc) is 2.60. The maximum atomic E-state index is 12.5. The zero-order valence-corrected chi connectivity index (χ0v) is 15.9. The quantitative estimate of drug-likeness (QED) is 0.521. The first-order valence-electron chi connectivity index (χ1n) is 9.19. The van der Waals surface area contributed by atoms with Crippen LogP contribution in [0.5, 0.6) is 0 Å². The summed E-state index contributed by atoms with van der Waals surface area (Å²) in [5, 5.41) is 5.41. The number of rotatable bonds is 11. The van der Waals surface area contributed by atoms with Gasteiger partial charge in [-0.2, -0.15) is 0 Å². The number of nitrogens with one attached hydrogen (secondary N) is 2. The molecule has 26 heavy (non-hydrogen) atoms. The molecule has 4 N–H and O–H groups in total. The molecule has 0 aromatic heterocycles. The first kappa shape index (κ1) is 21.8. The SMILES string of the molecule is CC(C)C[C@H](NC(=O)C(C)N)C(=O)N[C@@H](C=O)CCCc1ccccc1. The summed E-state index contributed by atoms with van der Waals surface area (Å²) < 4.78 is 0. The Morgan fingerprint density at radius 2 is 1.73 bits per heavy atom. The minimum absolute atomic E-state index is 0.215. The molecule has 2 amide bonds. The maximum absolute atomic E-state index is 12.5. The van der Waals surface area contributed by atoms with Gasteiger partial charge in [-0.25, -0.2) is 0 Å². The van der Waals surface area contributed by atoms with Crippen molar-refractivity contribution in [1.29, 1.82) is 0 Å². The van der Waals surface area contributed by atoms with E-state index in [1.807, 2.05) is 44.2 Å². The van der Waals surface area contributed by atoms with E-state index < -0.39 is 18.1 Å². The van der Waals surface area contributed by atoms with Crippen LogP contribution in [0.25, 0.3) is 0 Å². The Labute approximate surface area is 155 Å². The van der Waals surface area contributed by atoms with Crippen LogP contribution in [-0.4, -0.2) is 36.2 Å². The molecule has 1 aromatic rings. The van der Waals surface area contributed by atoms with E-state index in [2.05, 4.69) is 10.6 Å². The van der Waals surface area contributed by atoms with Crippen molar-refractivity contribution in [2.75, 3.05) is 0 Å². The second kappa shape index (κ2) is 11.4. The molecule has 1 unspecified atom stereocenters. The van der Waals surface area contributed by atoms with Gasteiger partial charge in [-0.05, 0) is 44.1 Å². The zero-order valence-electron chi connectivity index (χ0n) is 15.9. The lowest BCUT2D eigenvalue weighted by molar-refractivity contribution is -0.130. The monoisotopic (exact) mass is 361 g/mol. The first-order valence-corrected chi connectivity index (χ1v) is 9.19. The van der Waals surface area contributed by atoms with Crippen LogP contribution in [0.3, 0.4) is 0 Å². The van der Waals surface area contributed by atoms with Crippen molar-refractivity contribution < 1.29 is 14.4 Å². The Balaban J connectivity index is 2.56. The maximum Gasteiger partial charge on any atom is 0.243 e. The van der Waals surface area contributed by atoms with E-state index in [9.17, 15) is 14.4 Å². The second-order valence-electron chi connectivity index (χ2n) is 7.11. The molecule has 0 fully saturated rings. The lowest BCUT2D eigenvalue weighted by Gasteiger charge is -2.23. The summed E-state index contributed by atoms with van der Waals surface area (Å²) in [6.07, 6.45) is 3.43. The van der Waals surface area contributed by atoms with Crippen LogP contribution in [0.1, 0.15) is 45.6 Å². The number of nitrogens with two attached hydrogens (primary N) is 1. The van der Waals surface area contributed by atoms with Gasteiger partial charge in [-0.15, -0.1) is 0 Å². The van der Waals surface area contributed by atoms with Crippen LogP contribution in [0.4, 0.5) is 0 Å². The number of carbonyl (C=O) groups is 3. The van der Waals surface area contributed by atoms with Crippen LogP contribution in [0.15, 0.2) is 30.3 Å². The Morgan fingerprint density at radius 1 is 1.08 bits per heavy atom. The minimum atomic E-state index is -0.690. The topological polar surface area (TPSA) is 101 Å². The van der Waals surface area contributed by atoms with Crippen LogP contribution < -0.4 is 16.4 Å². The van der Waals surface area contributed by atoms with Crippen LogP contribution in [0.2, 0.25) is 0 Å². The van der Waals surface area contributed by atoms with Gasteiger partial charge in [0.25, 0.3) is 0 Å². The normalized spacial score (nSPS) is 14.3. The van der Waals surface area contributed by atoms with Gasteiger partial charge in [0.05, 0.1) is 12.1 Å².